The van der Waals surface area contributed by atoms with Crippen LogP contribution in [0.1, 0.15) is 33.6 Å². The number of hydrogen-bond acceptors (Lipinski definition) is 3. The van der Waals surface area contributed by atoms with Crippen LogP contribution in [0.3, 0.4) is 0 Å². The van der Waals surface area contributed by atoms with E-state index in [1.54, 1.807) is 12.1 Å². The van der Waals surface area contributed by atoms with Crippen LogP contribution in [0.4, 0.5) is 14.5 Å². The predicted octanol–water partition coefficient (Wildman–Crippen LogP) is 3.78. The molecule has 1 aliphatic heterocycles. The highest BCUT2D eigenvalue weighted by molar-refractivity contribution is 6.34. The maximum absolute atomic E-state index is 13.3. The molecule has 1 aliphatic rings. The number of carbonyl (C=O) groups is 2. The van der Waals surface area contributed by atoms with Crippen LogP contribution in [0.15, 0.2) is 36.4 Å². The average molecular weight is 395 g/mol. The minimum absolute atomic E-state index is 0.0494. The van der Waals surface area contributed by atoms with Gasteiger partial charge in [0.05, 0.1) is 16.7 Å². The maximum atomic E-state index is 13.3. The zero-order valence-electron chi connectivity index (χ0n) is 14.2. The Labute approximate surface area is 159 Å². The minimum Gasteiger partial charge on any atom is -0.376 e. The van der Waals surface area contributed by atoms with Crippen LogP contribution >= 0.6 is 11.6 Å². The van der Waals surface area contributed by atoms with Crippen molar-refractivity contribution in [1.82, 2.24) is 5.32 Å². The average Bonchev–Trinajstić information content (AvgIpc) is 3.17. The quantitative estimate of drug-likeness (QED) is 0.758. The lowest BCUT2D eigenvalue weighted by Gasteiger charge is -2.11. The van der Waals surface area contributed by atoms with Gasteiger partial charge in [0.15, 0.2) is 11.6 Å². The molecule has 1 heterocycles. The van der Waals surface area contributed by atoms with Crippen molar-refractivity contribution in [3.05, 3.63) is 64.2 Å². The van der Waals surface area contributed by atoms with Crippen molar-refractivity contribution in [2.45, 2.75) is 18.9 Å². The standard InChI is InChI=1S/C19H17ClF2N2O3/c20-15-9-17(22)16(21)8-14(15)19(26)24-12-5-3-11(4-6-12)18(25)23-10-13-2-1-7-27-13/h3-6,8-9,13H,1-2,7,10H2,(H,23,25)(H,24,26)/t13-/m1/s1. The summed E-state index contributed by atoms with van der Waals surface area (Å²) in [4.78, 5) is 24.3. The second-order valence-electron chi connectivity index (χ2n) is 6.12. The Morgan fingerprint density at radius 2 is 1.81 bits per heavy atom. The fourth-order valence-corrected chi connectivity index (χ4v) is 2.95. The van der Waals surface area contributed by atoms with Crippen molar-refractivity contribution < 1.29 is 23.1 Å². The zero-order chi connectivity index (χ0) is 19.4. The third kappa shape index (κ3) is 4.81. The molecule has 1 saturated heterocycles. The molecule has 2 aromatic rings. The molecule has 5 nitrogen and oxygen atoms in total. The Kier molecular flexibility index (Phi) is 6.03. The van der Waals surface area contributed by atoms with Crippen molar-refractivity contribution >= 4 is 29.1 Å². The number of carbonyl (C=O) groups excluding carboxylic acids is 2. The summed E-state index contributed by atoms with van der Waals surface area (Å²) in [5.74, 6) is -3.22. The molecule has 1 atom stereocenters. The van der Waals surface area contributed by atoms with Crippen molar-refractivity contribution in [1.29, 1.82) is 0 Å². The first-order chi connectivity index (χ1) is 12.9. The monoisotopic (exact) mass is 394 g/mol. The molecule has 0 saturated carbocycles. The van der Waals surface area contributed by atoms with E-state index < -0.39 is 17.5 Å². The fourth-order valence-electron chi connectivity index (χ4n) is 2.71. The fraction of sp³-hybridized carbons (Fsp3) is 0.263. The molecule has 8 heteroatoms. The number of benzene rings is 2. The van der Waals surface area contributed by atoms with Gasteiger partial charge in [-0.05, 0) is 49.2 Å². The summed E-state index contributed by atoms with van der Waals surface area (Å²) in [6.45, 7) is 1.17. The number of rotatable bonds is 5. The van der Waals surface area contributed by atoms with E-state index in [9.17, 15) is 18.4 Å². The smallest absolute Gasteiger partial charge is 0.257 e. The first kappa shape index (κ1) is 19.3. The van der Waals surface area contributed by atoms with Crippen LogP contribution in [0.2, 0.25) is 5.02 Å². The first-order valence-electron chi connectivity index (χ1n) is 8.40. The summed E-state index contributed by atoms with van der Waals surface area (Å²) < 4.78 is 31.9. The lowest BCUT2D eigenvalue weighted by Crippen LogP contribution is -2.31. The van der Waals surface area contributed by atoms with E-state index in [-0.39, 0.29) is 22.6 Å². The van der Waals surface area contributed by atoms with E-state index >= 15 is 0 Å². The summed E-state index contributed by atoms with van der Waals surface area (Å²) in [5, 5.41) is 5.13. The number of ether oxygens (including phenoxy) is 1. The summed E-state index contributed by atoms with van der Waals surface area (Å²) in [6, 6.07) is 7.65. The van der Waals surface area contributed by atoms with Crippen LogP contribution in [-0.2, 0) is 4.74 Å². The molecule has 2 N–H and O–H groups in total. The SMILES string of the molecule is O=C(NC[C@H]1CCCO1)c1ccc(NC(=O)c2cc(F)c(F)cc2Cl)cc1. The van der Waals surface area contributed by atoms with Gasteiger partial charge in [0.25, 0.3) is 11.8 Å². The van der Waals surface area contributed by atoms with E-state index in [2.05, 4.69) is 10.6 Å². The van der Waals surface area contributed by atoms with Gasteiger partial charge in [0.2, 0.25) is 0 Å². The highest BCUT2D eigenvalue weighted by Gasteiger charge is 2.17. The molecule has 0 bridgehead atoms. The highest BCUT2D eigenvalue weighted by atomic mass is 35.5. The molecule has 0 spiro atoms. The van der Waals surface area contributed by atoms with E-state index in [1.807, 2.05) is 0 Å². The summed E-state index contributed by atoms with van der Waals surface area (Å²) >= 11 is 5.79. The number of nitrogens with one attached hydrogen (secondary N) is 2. The predicted molar refractivity (Wildman–Crippen MR) is 97.1 cm³/mol. The number of anilines is 1. The molecule has 27 heavy (non-hydrogen) atoms. The normalized spacial score (nSPS) is 16.2. The highest BCUT2D eigenvalue weighted by Crippen LogP contribution is 2.21. The number of amides is 2. The lowest BCUT2D eigenvalue weighted by atomic mass is 10.1. The Morgan fingerprint density at radius 3 is 2.48 bits per heavy atom. The molecule has 0 aliphatic carbocycles. The van der Waals surface area contributed by atoms with Gasteiger partial charge in [0, 0.05) is 24.4 Å². The van der Waals surface area contributed by atoms with Crippen molar-refractivity contribution in [2.24, 2.45) is 0 Å². The number of hydrogen-bond donors (Lipinski definition) is 2. The molecule has 142 valence electrons. The molecule has 1 fully saturated rings. The first-order valence-corrected chi connectivity index (χ1v) is 8.77. The third-order valence-electron chi connectivity index (χ3n) is 4.17. The van der Waals surface area contributed by atoms with Gasteiger partial charge in [-0.3, -0.25) is 9.59 Å². The van der Waals surface area contributed by atoms with Gasteiger partial charge >= 0.3 is 0 Å². The van der Waals surface area contributed by atoms with Gasteiger partial charge in [0.1, 0.15) is 0 Å². The molecule has 0 radical (unpaired) electrons. The molecular formula is C19H17ClF2N2O3. The van der Waals surface area contributed by atoms with E-state index in [0.29, 0.717) is 17.8 Å². The van der Waals surface area contributed by atoms with Crippen LogP contribution in [0, 0.1) is 11.6 Å². The van der Waals surface area contributed by atoms with E-state index in [4.69, 9.17) is 16.3 Å². The minimum atomic E-state index is -1.16. The Bertz CT molecular complexity index is 853. The molecule has 0 unspecified atom stereocenters. The second-order valence-corrected chi connectivity index (χ2v) is 6.53. The zero-order valence-corrected chi connectivity index (χ0v) is 15.0. The maximum Gasteiger partial charge on any atom is 0.257 e. The van der Waals surface area contributed by atoms with E-state index in [0.717, 1.165) is 31.6 Å². The van der Waals surface area contributed by atoms with Gasteiger partial charge in [-0.2, -0.15) is 0 Å². The Hall–Kier alpha value is -2.51. The van der Waals surface area contributed by atoms with Gasteiger partial charge < -0.3 is 15.4 Å². The van der Waals surface area contributed by atoms with Crippen molar-refractivity contribution in [3.63, 3.8) is 0 Å². The largest absolute Gasteiger partial charge is 0.376 e. The van der Waals surface area contributed by atoms with Crippen molar-refractivity contribution in [2.75, 3.05) is 18.5 Å². The second kappa shape index (κ2) is 8.45. The Balaban J connectivity index is 1.60. The Morgan fingerprint density at radius 1 is 1.11 bits per heavy atom. The van der Waals surface area contributed by atoms with Crippen LogP contribution < -0.4 is 10.6 Å². The molecule has 3 rings (SSSR count). The van der Waals surface area contributed by atoms with Crippen molar-refractivity contribution in [3.8, 4) is 0 Å². The molecule has 0 aromatic heterocycles. The van der Waals surface area contributed by atoms with E-state index in [1.165, 1.54) is 12.1 Å². The summed E-state index contributed by atoms with van der Waals surface area (Å²) in [7, 11) is 0. The molecule has 2 aromatic carbocycles. The molecule has 2 amide bonds. The topological polar surface area (TPSA) is 67.4 Å². The van der Waals surface area contributed by atoms with Crippen LogP contribution in [-0.4, -0.2) is 31.1 Å². The third-order valence-corrected chi connectivity index (χ3v) is 4.49. The summed E-state index contributed by atoms with van der Waals surface area (Å²) in [5.41, 5.74) is 0.627. The summed E-state index contributed by atoms with van der Waals surface area (Å²) in [6.07, 6.45) is 1.97. The van der Waals surface area contributed by atoms with Crippen LogP contribution in [0.25, 0.3) is 0 Å². The number of halogens is 3. The van der Waals surface area contributed by atoms with Crippen LogP contribution in [0.5, 0.6) is 0 Å². The van der Waals surface area contributed by atoms with Gasteiger partial charge in [-0.1, -0.05) is 11.6 Å². The van der Waals surface area contributed by atoms with Gasteiger partial charge in [-0.25, -0.2) is 8.78 Å². The molecular weight excluding hydrogens is 378 g/mol. The lowest BCUT2D eigenvalue weighted by molar-refractivity contribution is 0.0857. The van der Waals surface area contributed by atoms with Gasteiger partial charge in [-0.15, -0.1) is 0 Å².